The summed E-state index contributed by atoms with van der Waals surface area (Å²) >= 11 is 0. The van der Waals surface area contributed by atoms with Crippen LogP contribution in [-0.2, 0) is 41.3 Å². The average Bonchev–Trinajstić information content (AvgIpc) is 3.25. The van der Waals surface area contributed by atoms with Crippen molar-refractivity contribution in [3.05, 3.63) is 59.2 Å². The number of nitrogens with one attached hydrogen (secondary N) is 1. The van der Waals surface area contributed by atoms with Gasteiger partial charge >= 0.3 is 18.0 Å². The van der Waals surface area contributed by atoms with Gasteiger partial charge in [0.15, 0.2) is 25.3 Å². The van der Waals surface area contributed by atoms with E-state index in [1.807, 2.05) is 0 Å². The number of aromatic nitrogens is 1. The first-order valence-corrected chi connectivity index (χ1v) is 16.5. The van der Waals surface area contributed by atoms with Crippen LogP contribution in [0.4, 0.5) is 35.1 Å². The molecule has 1 saturated carbocycles. The van der Waals surface area contributed by atoms with Crippen molar-refractivity contribution in [2.45, 2.75) is 71.9 Å². The molecule has 18 heteroatoms. The standard InChI is InChI=1S/C26H26F8N2O6S2/c1-22(38,13-43(2,39)40)21(37)36-19-11-12-23(44(41,42)15-5-3-14(27)4-6-15)16(19)7-9-18-17(23)8-10-20(35-18)24(28,25(29,30)31)26(32,33)34/h3-6,8,10,16,19,38H,7,9,11-13H2,1-2H3,(H,36,37)/t16-,19+,22?,23-/m0/s1. The van der Waals surface area contributed by atoms with Crippen LogP contribution >= 0.6 is 0 Å². The molecule has 1 heterocycles. The molecule has 2 aromatic rings. The summed E-state index contributed by atoms with van der Waals surface area (Å²) in [6.07, 6.45) is -13.4. The first-order chi connectivity index (χ1) is 19.9. The zero-order valence-electron chi connectivity index (χ0n) is 22.9. The molecule has 0 radical (unpaired) electrons. The van der Waals surface area contributed by atoms with Gasteiger partial charge in [0.05, 0.1) is 16.3 Å². The van der Waals surface area contributed by atoms with E-state index >= 15 is 0 Å². The zero-order chi connectivity index (χ0) is 33.3. The second kappa shape index (κ2) is 10.6. The molecule has 0 bridgehead atoms. The molecule has 1 aromatic heterocycles. The number of carbonyl (C=O) groups excluding carboxylic acids is 1. The van der Waals surface area contributed by atoms with Gasteiger partial charge in [0.2, 0.25) is 0 Å². The molecule has 8 nitrogen and oxygen atoms in total. The number of aliphatic hydroxyl groups is 1. The number of fused-ring (bicyclic) bond motifs is 3. The van der Waals surface area contributed by atoms with Gasteiger partial charge in [-0.3, -0.25) is 9.78 Å². The monoisotopic (exact) mass is 678 g/mol. The Morgan fingerprint density at radius 3 is 2.07 bits per heavy atom. The van der Waals surface area contributed by atoms with Gasteiger partial charge < -0.3 is 10.4 Å². The molecule has 4 rings (SSSR count). The van der Waals surface area contributed by atoms with E-state index in [2.05, 4.69) is 10.3 Å². The van der Waals surface area contributed by atoms with Crippen molar-refractivity contribution in [3.8, 4) is 0 Å². The number of halogens is 8. The lowest BCUT2D eigenvalue weighted by Gasteiger charge is -2.42. The van der Waals surface area contributed by atoms with Crippen LogP contribution in [0.1, 0.15) is 43.1 Å². The summed E-state index contributed by atoms with van der Waals surface area (Å²) in [6, 6.07) is 3.15. The van der Waals surface area contributed by atoms with Gasteiger partial charge in [-0.1, -0.05) is 6.07 Å². The molecule has 2 aliphatic carbocycles. The van der Waals surface area contributed by atoms with Gasteiger partial charge in [0.1, 0.15) is 10.6 Å². The molecule has 44 heavy (non-hydrogen) atoms. The maximum Gasteiger partial charge on any atom is 0.437 e. The highest BCUT2D eigenvalue weighted by Gasteiger charge is 2.75. The first-order valence-electron chi connectivity index (χ1n) is 12.9. The Morgan fingerprint density at radius 1 is 0.977 bits per heavy atom. The van der Waals surface area contributed by atoms with Crippen LogP contribution in [0, 0.1) is 11.7 Å². The molecule has 1 aromatic carbocycles. The summed E-state index contributed by atoms with van der Waals surface area (Å²) in [5.74, 6) is -4.09. The van der Waals surface area contributed by atoms with Gasteiger partial charge in [-0.15, -0.1) is 0 Å². The summed E-state index contributed by atoms with van der Waals surface area (Å²) in [5, 5.41) is 13.0. The van der Waals surface area contributed by atoms with Gasteiger partial charge in [-0.2, -0.15) is 26.3 Å². The molecule has 244 valence electrons. The first kappa shape index (κ1) is 34.0. The number of sulfone groups is 2. The SMILES string of the molecule is CC(O)(CS(C)(=O)=O)C(=O)N[C@@H]1CC[C@@]2(S(=O)(=O)c3ccc(F)cc3)c3ccc(C(F)(C(F)(F)F)C(F)(F)F)nc3CC[C@@H]12. The molecular formula is C26H26F8N2O6S2. The minimum Gasteiger partial charge on any atom is -0.379 e. The lowest BCUT2D eigenvalue weighted by Crippen LogP contribution is -2.55. The van der Waals surface area contributed by atoms with Crippen molar-refractivity contribution in [2.24, 2.45) is 5.92 Å². The fourth-order valence-electron chi connectivity index (χ4n) is 6.24. The number of benzene rings is 1. The predicted molar refractivity (Wildman–Crippen MR) is 138 cm³/mol. The highest BCUT2D eigenvalue weighted by Crippen LogP contribution is 2.58. The minimum absolute atomic E-state index is 0.118. The van der Waals surface area contributed by atoms with Gasteiger partial charge in [-0.05, 0) is 68.5 Å². The number of amides is 1. The Hall–Kier alpha value is -2.86. The zero-order valence-corrected chi connectivity index (χ0v) is 24.6. The molecule has 1 fully saturated rings. The summed E-state index contributed by atoms with van der Waals surface area (Å²) in [5.41, 5.74) is -11.2. The Labute approximate surface area is 246 Å². The Morgan fingerprint density at radius 2 is 1.55 bits per heavy atom. The second-order valence-corrected chi connectivity index (χ2v) is 15.6. The highest BCUT2D eigenvalue weighted by atomic mass is 32.2. The van der Waals surface area contributed by atoms with Crippen molar-refractivity contribution in [1.82, 2.24) is 10.3 Å². The van der Waals surface area contributed by atoms with Crippen molar-refractivity contribution < 1.29 is 61.9 Å². The molecule has 0 saturated heterocycles. The van der Waals surface area contributed by atoms with Gasteiger partial charge in [0, 0.05) is 23.9 Å². The summed E-state index contributed by atoms with van der Waals surface area (Å²) in [6.45, 7) is 0.924. The molecule has 1 unspecified atom stereocenters. The van der Waals surface area contributed by atoms with Crippen LogP contribution < -0.4 is 5.32 Å². The molecule has 0 spiro atoms. The number of rotatable bonds is 7. The normalized spacial score (nSPS) is 24.2. The van der Waals surface area contributed by atoms with E-state index in [0.717, 1.165) is 37.4 Å². The quantitative estimate of drug-likeness (QED) is 0.337. The minimum atomic E-state index is -6.47. The Kier molecular flexibility index (Phi) is 8.20. The topological polar surface area (TPSA) is 130 Å². The number of hydrogen-bond donors (Lipinski definition) is 2. The highest BCUT2D eigenvalue weighted by molar-refractivity contribution is 7.92. The average molecular weight is 679 g/mol. The lowest BCUT2D eigenvalue weighted by molar-refractivity contribution is -0.350. The van der Waals surface area contributed by atoms with Crippen LogP contribution in [0.2, 0.25) is 0 Å². The molecular weight excluding hydrogens is 652 g/mol. The summed E-state index contributed by atoms with van der Waals surface area (Å²) < 4.78 is 159. The third-order valence-electron chi connectivity index (χ3n) is 8.12. The molecule has 4 atom stereocenters. The molecule has 2 aliphatic rings. The van der Waals surface area contributed by atoms with E-state index in [9.17, 15) is 61.9 Å². The van der Waals surface area contributed by atoms with Crippen LogP contribution in [0.5, 0.6) is 0 Å². The lowest BCUT2D eigenvalue weighted by atomic mass is 9.76. The smallest absolute Gasteiger partial charge is 0.379 e. The number of nitrogens with zero attached hydrogens (tertiary/aromatic N) is 1. The van der Waals surface area contributed by atoms with E-state index in [-0.39, 0.29) is 30.9 Å². The van der Waals surface area contributed by atoms with Crippen molar-refractivity contribution in [2.75, 3.05) is 12.0 Å². The third-order valence-corrected chi connectivity index (χ3v) is 11.8. The number of carbonyl (C=O) groups is 1. The van der Waals surface area contributed by atoms with Crippen molar-refractivity contribution in [1.29, 1.82) is 0 Å². The van der Waals surface area contributed by atoms with Crippen LogP contribution in [0.25, 0.3) is 0 Å². The van der Waals surface area contributed by atoms with Crippen LogP contribution in [-0.4, -0.2) is 68.8 Å². The van der Waals surface area contributed by atoms with Gasteiger partial charge in [0.25, 0.3) is 5.91 Å². The largest absolute Gasteiger partial charge is 0.437 e. The number of alkyl halides is 7. The second-order valence-electron chi connectivity index (χ2n) is 11.3. The van der Waals surface area contributed by atoms with Crippen LogP contribution in [0.3, 0.4) is 0 Å². The maximum absolute atomic E-state index is 14.9. The van der Waals surface area contributed by atoms with E-state index in [4.69, 9.17) is 0 Å². The fraction of sp³-hybridized carbons (Fsp3) is 0.538. The molecule has 0 aliphatic heterocycles. The molecule has 2 N–H and O–H groups in total. The summed E-state index contributed by atoms with van der Waals surface area (Å²) in [7, 11) is -8.56. The predicted octanol–water partition coefficient (Wildman–Crippen LogP) is 3.82. The van der Waals surface area contributed by atoms with Gasteiger partial charge in [-0.25, -0.2) is 25.6 Å². The Balaban J connectivity index is 1.88. The fourth-order valence-corrected chi connectivity index (χ4v) is 9.85. The van der Waals surface area contributed by atoms with E-state index in [0.29, 0.717) is 6.07 Å². The van der Waals surface area contributed by atoms with Crippen molar-refractivity contribution in [3.63, 3.8) is 0 Å². The summed E-state index contributed by atoms with van der Waals surface area (Å²) in [4.78, 5) is 15.9. The van der Waals surface area contributed by atoms with Crippen molar-refractivity contribution >= 4 is 25.6 Å². The number of hydrogen-bond acceptors (Lipinski definition) is 7. The number of pyridine rings is 1. The Bertz CT molecular complexity index is 1660. The van der Waals surface area contributed by atoms with E-state index in [1.54, 1.807) is 0 Å². The molecule has 1 amide bonds. The van der Waals surface area contributed by atoms with Crippen LogP contribution in [0.15, 0.2) is 41.3 Å². The van der Waals surface area contributed by atoms with E-state index in [1.165, 1.54) is 0 Å². The van der Waals surface area contributed by atoms with E-state index < -0.39 is 100 Å². The maximum atomic E-state index is 14.9. The third kappa shape index (κ3) is 5.46. The number of aryl methyl sites for hydroxylation is 1.